The van der Waals surface area contributed by atoms with Gasteiger partial charge in [0.05, 0.1) is 24.5 Å². The van der Waals surface area contributed by atoms with Crippen molar-refractivity contribution < 1.29 is 19.4 Å². The molecule has 1 aromatic heterocycles. The number of ether oxygens (including phenoxy) is 1. The molecule has 0 atom stereocenters. The molecule has 19 heavy (non-hydrogen) atoms. The second-order valence-electron chi connectivity index (χ2n) is 4.90. The summed E-state index contributed by atoms with van der Waals surface area (Å²) in [4.78, 5) is 25.5. The standard InChI is InChI=1S/C13H16N2O4/c16-12(14-3-1-2-4-14)10-7-9(13(17)18)11-8-19-6-5-15(10)11/h7H,1-6,8H2,(H,17,18). The van der Waals surface area contributed by atoms with E-state index < -0.39 is 5.97 Å². The predicted octanol–water partition coefficient (Wildman–Crippen LogP) is 0.952. The van der Waals surface area contributed by atoms with Crippen LogP contribution in [0.4, 0.5) is 0 Å². The Morgan fingerprint density at radius 3 is 2.63 bits per heavy atom. The quantitative estimate of drug-likeness (QED) is 0.863. The number of fused-ring (bicyclic) bond motifs is 1. The number of carbonyl (C=O) groups excluding carboxylic acids is 1. The third-order valence-corrected chi connectivity index (χ3v) is 3.75. The molecule has 3 heterocycles. The average Bonchev–Trinajstić information content (AvgIpc) is 3.05. The van der Waals surface area contributed by atoms with Crippen molar-refractivity contribution >= 4 is 11.9 Å². The molecule has 1 amide bonds. The van der Waals surface area contributed by atoms with Gasteiger partial charge in [0, 0.05) is 19.6 Å². The fourth-order valence-corrected chi connectivity index (χ4v) is 2.77. The summed E-state index contributed by atoms with van der Waals surface area (Å²) in [6.45, 7) is 2.84. The van der Waals surface area contributed by atoms with E-state index in [-0.39, 0.29) is 18.1 Å². The maximum Gasteiger partial charge on any atom is 0.337 e. The van der Waals surface area contributed by atoms with E-state index in [2.05, 4.69) is 0 Å². The predicted molar refractivity (Wildman–Crippen MR) is 66.2 cm³/mol. The minimum atomic E-state index is -1.00. The number of nitrogens with zero attached hydrogens (tertiary/aromatic N) is 2. The maximum atomic E-state index is 12.4. The number of carbonyl (C=O) groups is 2. The number of hydrogen-bond acceptors (Lipinski definition) is 3. The summed E-state index contributed by atoms with van der Waals surface area (Å²) in [7, 11) is 0. The van der Waals surface area contributed by atoms with Crippen LogP contribution in [0.1, 0.15) is 39.4 Å². The number of carboxylic acid groups (broad SMARTS) is 1. The van der Waals surface area contributed by atoms with Gasteiger partial charge < -0.3 is 19.3 Å². The maximum absolute atomic E-state index is 12.4. The third kappa shape index (κ3) is 2.02. The molecule has 1 saturated heterocycles. The first kappa shape index (κ1) is 12.2. The van der Waals surface area contributed by atoms with Gasteiger partial charge in [-0.2, -0.15) is 0 Å². The van der Waals surface area contributed by atoms with Crippen LogP contribution in [-0.4, -0.2) is 46.1 Å². The van der Waals surface area contributed by atoms with E-state index >= 15 is 0 Å². The Kier molecular flexibility index (Phi) is 3.02. The fraction of sp³-hybridized carbons (Fsp3) is 0.538. The van der Waals surface area contributed by atoms with E-state index in [0.717, 1.165) is 25.9 Å². The van der Waals surface area contributed by atoms with E-state index in [4.69, 9.17) is 4.74 Å². The molecule has 0 radical (unpaired) electrons. The Balaban J connectivity index is 2.00. The molecule has 102 valence electrons. The van der Waals surface area contributed by atoms with Gasteiger partial charge in [-0.3, -0.25) is 4.79 Å². The van der Waals surface area contributed by atoms with Crippen LogP contribution in [-0.2, 0) is 17.9 Å². The smallest absolute Gasteiger partial charge is 0.337 e. The van der Waals surface area contributed by atoms with Crippen molar-refractivity contribution in [3.8, 4) is 0 Å². The van der Waals surface area contributed by atoms with Crippen molar-refractivity contribution in [2.45, 2.75) is 26.0 Å². The van der Waals surface area contributed by atoms with Crippen LogP contribution in [0.3, 0.4) is 0 Å². The van der Waals surface area contributed by atoms with E-state index in [1.54, 1.807) is 9.47 Å². The highest BCUT2D eigenvalue weighted by atomic mass is 16.5. The molecular weight excluding hydrogens is 248 g/mol. The van der Waals surface area contributed by atoms with Crippen molar-refractivity contribution in [3.63, 3.8) is 0 Å². The van der Waals surface area contributed by atoms with Gasteiger partial charge in [-0.05, 0) is 18.9 Å². The molecule has 6 heteroatoms. The Bertz CT molecular complexity index is 529. The Morgan fingerprint density at radius 2 is 1.95 bits per heavy atom. The van der Waals surface area contributed by atoms with E-state index in [9.17, 15) is 14.7 Å². The van der Waals surface area contributed by atoms with Gasteiger partial charge in [-0.25, -0.2) is 4.79 Å². The molecule has 6 nitrogen and oxygen atoms in total. The Labute approximate surface area is 110 Å². The SMILES string of the molecule is O=C(O)c1cc(C(=O)N2CCCC2)n2c1COCC2. The summed E-state index contributed by atoms with van der Waals surface area (Å²) in [5, 5.41) is 9.21. The van der Waals surface area contributed by atoms with Gasteiger partial charge in [-0.1, -0.05) is 0 Å². The summed E-state index contributed by atoms with van der Waals surface area (Å²) in [6, 6.07) is 1.49. The van der Waals surface area contributed by atoms with E-state index in [1.807, 2.05) is 0 Å². The molecule has 0 spiro atoms. The topological polar surface area (TPSA) is 71.8 Å². The Hall–Kier alpha value is -1.82. The van der Waals surface area contributed by atoms with Crippen LogP contribution in [0.15, 0.2) is 6.07 Å². The zero-order valence-corrected chi connectivity index (χ0v) is 10.6. The largest absolute Gasteiger partial charge is 0.478 e. The number of hydrogen-bond donors (Lipinski definition) is 1. The van der Waals surface area contributed by atoms with Gasteiger partial charge >= 0.3 is 5.97 Å². The lowest BCUT2D eigenvalue weighted by Gasteiger charge is -2.21. The zero-order chi connectivity index (χ0) is 13.4. The number of aromatic nitrogens is 1. The van der Waals surface area contributed by atoms with Gasteiger partial charge in [0.15, 0.2) is 0 Å². The second-order valence-corrected chi connectivity index (χ2v) is 4.90. The minimum Gasteiger partial charge on any atom is -0.478 e. The molecule has 1 aromatic rings. The number of carboxylic acids is 1. The second kappa shape index (κ2) is 4.70. The normalized spacial score (nSPS) is 18.4. The lowest BCUT2D eigenvalue weighted by Crippen LogP contribution is -2.31. The highest BCUT2D eigenvalue weighted by molar-refractivity contribution is 5.98. The number of likely N-dealkylation sites (tertiary alicyclic amines) is 1. The van der Waals surface area contributed by atoms with Crippen molar-refractivity contribution in [3.05, 3.63) is 23.0 Å². The zero-order valence-electron chi connectivity index (χ0n) is 10.6. The van der Waals surface area contributed by atoms with Crippen LogP contribution in [0.5, 0.6) is 0 Å². The van der Waals surface area contributed by atoms with Crippen molar-refractivity contribution in [1.29, 1.82) is 0 Å². The molecule has 0 unspecified atom stereocenters. The lowest BCUT2D eigenvalue weighted by atomic mass is 10.2. The summed E-state index contributed by atoms with van der Waals surface area (Å²) < 4.78 is 7.10. The van der Waals surface area contributed by atoms with Gasteiger partial charge in [0.2, 0.25) is 0 Å². The summed E-state index contributed by atoms with van der Waals surface area (Å²) in [6.07, 6.45) is 2.04. The van der Waals surface area contributed by atoms with Crippen LogP contribution in [0.2, 0.25) is 0 Å². The molecule has 0 aromatic carbocycles. The monoisotopic (exact) mass is 264 g/mol. The first-order valence-electron chi connectivity index (χ1n) is 6.51. The first-order valence-corrected chi connectivity index (χ1v) is 6.51. The highest BCUT2D eigenvalue weighted by Gasteiger charge is 2.29. The molecule has 1 N–H and O–H groups in total. The van der Waals surface area contributed by atoms with Gasteiger partial charge in [0.25, 0.3) is 5.91 Å². The number of rotatable bonds is 2. The van der Waals surface area contributed by atoms with Crippen molar-refractivity contribution in [1.82, 2.24) is 9.47 Å². The molecule has 1 fully saturated rings. The Morgan fingerprint density at radius 1 is 1.21 bits per heavy atom. The molecule has 0 saturated carbocycles. The minimum absolute atomic E-state index is 0.0619. The van der Waals surface area contributed by atoms with Crippen LogP contribution >= 0.6 is 0 Å². The molecule has 0 bridgehead atoms. The summed E-state index contributed by atoms with van der Waals surface area (Å²) in [5.41, 5.74) is 1.26. The van der Waals surface area contributed by atoms with Gasteiger partial charge in [-0.15, -0.1) is 0 Å². The van der Waals surface area contributed by atoms with Crippen molar-refractivity contribution in [2.75, 3.05) is 19.7 Å². The molecule has 0 aliphatic carbocycles. The highest BCUT2D eigenvalue weighted by Crippen LogP contribution is 2.23. The third-order valence-electron chi connectivity index (χ3n) is 3.75. The van der Waals surface area contributed by atoms with E-state index in [0.29, 0.717) is 24.5 Å². The van der Waals surface area contributed by atoms with Crippen LogP contribution in [0.25, 0.3) is 0 Å². The fourth-order valence-electron chi connectivity index (χ4n) is 2.77. The van der Waals surface area contributed by atoms with Crippen LogP contribution in [0, 0.1) is 0 Å². The molecule has 3 rings (SSSR count). The lowest BCUT2D eigenvalue weighted by molar-refractivity contribution is 0.0648. The first-order chi connectivity index (χ1) is 9.18. The van der Waals surface area contributed by atoms with Gasteiger partial charge in [0.1, 0.15) is 5.69 Å². The number of amides is 1. The average molecular weight is 264 g/mol. The van der Waals surface area contributed by atoms with Crippen LogP contribution < -0.4 is 0 Å². The molecule has 2 aliphatic heterocycles. The molecule has 2 aliphatic rings. The van der Waals surface area contributed by atoms with Crippen molar-refractivity contribution in [2.24, 2.45) is 0 Å². The number of aromatic carboxylic acids is 1. The van der Waals surface area contributed by atoms with E-state index in [1.165, 1.54) is 6.07 Å². The molecular formula is C13H16N2O4. The summed E-state index contributed by atoms with van der Waals surface area (Å²) in [5.74, 6) is -1.07. The summed E-state index contributed by atoms with van der Waals surface area (Å²) >= 11 is 0.